The lowest BCUT2D eigenvalue weighted by Gasteiger charge is -2.15. The summed E-state index contributed by atoms with van der Waals surface area (Å²) in [6.07, 6.45) is 2.02. The van der Waals surface area contributed by atoms with Crippen molar-refractivity contribution in [3.8, 4) is 0 Å². The number of nitrogens with zero attached hydrogens (tertiary/aromatic N) is 1. The number of carboxylic acid groups (broad SMARTS) is 1. The number of anilines is 1. The predicted octanol–water partition coefficient (Wildman–Crippen LogP) is 2.87. The van der Waals surface area contributed by atoms with Gasteiger partial charge in [0, 0.05) is 29.6 Å². The highest BCUT2D eigenvalue weighted by atomic mass is 32.1. The number of carbonyl (C=O) groups excluding carboxylic acids is 2. The molecule has 0 fully saturated rings. The van der Waals surface area contributed by atoms with E-state index in [0.29, 0.717) is 17.7 Å². The number of amides is 2. The van der Waals surface area contributed by atoms with Gasteiger partial charge in [-0.3, -0.25) is 14.4 Å². The monoisotopic (exact) mass is 360 g/mol. The number of thiophene rings is 1. The lowest BCUT2D eigenvalue weighted by molar-refractivity contribution is -0.137. The molecule has 2 N–H and O–H groups in total. The third-order valence-corrected chi connectivity index (χ3v) is 4.46. The molecule has 7 heteroatoms. The molecule has 0 aliphatic heterocycles. The molecule has 0 radical (unpaired) electrons. The standard InChI is InChI=1S/C18H20N2O4S/c1-20(12-17(22)23)18(24)13-5-2-6-14(11-13)19-16(21)9-3-7-15-8-4-10-25-15/h2,4-6,8,10-11H,3,7,9,12H2,1H3,(H,19,21)(H,22,23). The summed E-state index contributed by atoms with van der Waals surface area (Å²) in [5, 5.41) is 13.5. The van der Waals surface area contributed by atoms with Crippen molar-refractivity contribution in [2.45, 2.75) is 19.3 Å². The fourth-order valence-corrected chi connectivity index (χ4v) is 3.08. The zero-order valence-electron chi connectivity index (χ0n) is 13.9. The molecule has 1 aromatic carbocycles. The third kappa shape index (κ3) is 6.04. The topological polar surface area (TPSA) is 86.7 Å². The van der Waals surface area contributed by atoms with E-state index in [1.54, 1.807) is 35.6 Å². The van der Waals surface area contributed by atoms with E-state index in [1.807, 2.05) is 17.5 Å². The van der Waals surface area contributed by atoms with Crippen molar-refractivity contribution in [3.63, 3.8) is 0 Å². The van der Waals surface area contributed by atoms with Gasteiger partial charge in [-0.15, -0.1) is 11.3 Å². The molecule has 25 heavy (non-hydrogen) atoms. The van der Waals surface area contributed by atoms with Gasteiger partial charge in [0.1, 0.15) is 6.54 Å². The van der Waals surface area contributed by atoms with E-state index in [1.165, 1.54) is 11.9 Å². The average Bonchev–Trinajstić information content (AvgIpc) is 3.07. The lowest BCUT2D eigenvalue weighted by atomic mass is 10.1. The minimum Gasteiger partial charge on any atom is -0.480 e. The van der Waals surface area contributed by atoms with Gasteiger partial charge in [0.2, 0.25) is 5.91 Å². The summed E-state index contributed by atoms with van der Waals surface area (Å²) in [4.78, 5) is 37.3. The minimum absolute atomic E-state index is 0.111. The van der Waals surface area contributed by atoms with Crippen molar-refractivity contribution < 1.29 is 19.5 Å². The molecule has 6 nitrogen and oxygen atoms in total. The van der Waals surface area contributed by atoms with Gasteiger partial charge in [0.05, 0.1) is 0 Å². The molecule has 0 aliphatic carbocycles. The Kier molecular flexibility index (Phi) is 6.71. The Morgan fingerprint density at radius 1 is 1.20 bits per heavy atom. The first-order chi connectivity index (χ1) is 12.0. The molecule has 0 saturated carbocycles. The van der Waals surface area contributed by atoms with Gasteiger partial charge in [-0.25, -0.2) is 0 Å². The number of aryl methyl sites for hydroxylation is 1. The van der Waals surface area contributed by atoms with E-state index < -0.39 is 11.9 Å². The van der Waals surface area contributed by atoms with Gasteiger partial charge in [-0.05, 0) is 42.5 Å². The van der Waals surface area contributed by atoms with Crippen LogP contribution < -0.4 is 5.32 Å². The molecule has 2 rings (SSSR count). The van der Waals surface area contributed by atoms with E-state index in [-0.39, 0.29) is 12.5 Å². The summed E-state index contributed by atoms with van der Waals surface area (Å²) < 4.78 is 0. The summed E-state index contributed by atoms with van der Waals surface area (Å²) in [6.45, 7) is -0.377. The smallest absolute Gasteiger partial charge is 0.323 e. The second kappa shape index (κ2) is 8.98. The minimum atomic E-state index is -1.08. The zero-order valence-corrected chi connectivity index (χ0v) is 14.7. The molecule has 0 spiro atoms. The Hall–Kier alpha value is -2.67. The van der Waals surface area contributed by atoms with Crippen molar-refractivity contribution in [2.24, 2.45) is 0 Å². The van der Waals surface area contributed by atoms with Gasteiger partial charge >= 0.3 is 5.97 Å². The second-order valence-electron chi connectivity index (χ2n) is 5.62. The molecular weight excluding hydrogens is 340 g/mol. The molecule has 2 amide bonds. The Morgan fingerprint density at radius 3 is 2.68 bits per heavy atom. The van der Waals surface area contributed by atoms with Crippen LogP contribution in [0.25, 0.3) is 0 Å². The van der Waals surface area contributed by atoms with Gasteiger partial charge in [0.25, 0.3) is 5.91 Å². The van der Waals surface area contributed by atoms with Crippen molar-refractivity contribution >= 4 is 34.8 Å². The molecular formula is C18H20N2O4S. The summed E-state index contributed by atoms with van der Waals surface area (Å²) in [6, 6.07) is 10.5. The SMILES string of the molecule is CN(CC(=O)O)C(=O)c1cccc(NC(=O)CCCc2cccs2)c1. The van der Waals surface area contributed by atoms with Gasteiger partial charge in [0.15, 0.2) is 0 Å². The molecule has 0 unspecified atom stereocenters. The largest absolute Gasteiger partial charge is 0.480 e. The highest BCUT2D eigenvalue weighted by Gasteiger charge is 2.15. The molecule has 2 aromatic rings. The van der Waals surface area contributed by atoms with Crippen molar-refractivity contribution in [1.29, 1.82) is 0 Å². The van der Waals surface area contributed by atoms with E-state index in [0.717, 1.165) is 17.7 Å². The molecule has 0 aliphatic rings. The number of benzene rings is 1. The molecule has 1 aromatic heterocycles. The predicted molar refractivity (Wildman–Crippen MR) is 96.9 cm³/mol. The van der Waals surface area contributed by atoms with Crippen LogP contribution in [0, 0.1) is 0 Å². The van der Waals surface area contributed by atoms with Crippen LogP contribution in [-0.4, -0.2) is 41.4 Å². The average molecular weight is 360 g/mol. The second-order valence-corrected chi connectivity index (χ2v) is 6.65. The maximum absolute atomic E-state index is 12.2. The summed E-state index contributed by atoms with van der Waals surface area (Å²) in [7, 11) is 1.42. The Bertz CT molecular complexity index is 743. The molecule has 1 heterocycles. The maximum Gasteiger partial charge on any atom is 0.323 e. The van der Waals surface area contributed by atoms with E-state index in [4.69, 9.17) is 5.11 Å². The number of hydrogen-bond donors (Lipinski definition) is 2. The number of rotatable bonds is 8. The van der Waals surface area contributed by atoms with Crippen molar-refractivity contribution in [2.75, 3.05) is 18.9 Å². The zero-order chi connectivity index (χ0) is 18.2. The number of likely N-dealkylation sites (N-methyl/N-ethyl adjacent to an activating group) is 1. The number of nitrogens with one attached hydrogen (secondary N) is 1. The molecule has 132 valence electrons. The third-order valence-electron chi connectivity index (χ3n) is 3.52. The molecule has 0 bridgehead atoms. The van der Waals surface area contributed by atoms with E-state index >= 15 is 0 Å². The number of carbonyl (C=O) groups is 3. The van der Waals surface area contributed by atoms with E-state index in [9.17, 15) is 14.4 Å². The van der Waals surface area contributed by atoms with Crippen LogP contribution >= 0.6 is 11.3 Å². The maximum atomic E-state index is 12.2. The first-order valence-corrected chi connectivity index (χ1v) is 8.73. The quantitative estimate of drug-likeness (QED) is 0.758. The van der Waals surface area contributed by atoms with Crippen LogP contribution in [0.1, 0.15) is 28.1 Å². The van der Waals surface area contributed by atoms with Crippen LogP contribution in [0.2, 0.25) is 0 Å². The van der Waals surface area contributed by atoms with Crippen molar-refractivity contribution in [3.05, 3.63) is 52.2 Å². The Morgan fingerprint density at radius 2 is 2.00 bits per heavy atom. The van der Waals surface area contributed by atoms with E-state index in [2.05, 4.69) is 5.32 Å². The van der Waals surface area contributed by atoms with Gasteiger partial charge in [-0.2, -0.15) is 0 Å². The van der Waals surface area contributed by atoms with Crippen LogP contribution in [-0.2, 0) is 16.0 Å². The number of hydrogen-bond acceptors (Lipinski definition) is 4. The highest BCUT2D eigenvalue weighted by Crippen LogP contribution is 2.15. The highest BCUT2D eigenvalue weighted by molar-refractivity contribution is 7.09. The number of aliphatic carboxylic acids is 1. The number of carboxylic acids is 1. The van der Waals surface area contributed by atoms with Crippen LogP contribution in [0.4, 0.5) is 5.69 Å². The lowest BCUT2D eigenvalue weighted by Crippen LogP contribution is -2.31. The van der Waals surface area contributed by atoms with Crippen molar-refractivity contribution in [1.82, 2.24) is 4.90 Å². The van der Waals surface area contributed by atoms with Crippen LogP contribution in [0.15, 0.2) is 41.8 Å². The van der Waals surface area contributed by atoms with Crippen LogP contribution in [0.5, 0.6) is 0 Å². The first-order valence-electron chi connectivity index (χ1n) is 7.85. The Balaban J connectivity index is 1.88. The summed E-state index contributed by atoms with van der Waals surface area (Å²) in [5.41, 5.74) is 0.857. The van der Waals surface area contributed by atoms with Crippen LogP contribution in [0.3, 0.4) is 0 Å². The molecule has 0 saturated heterocycles. The molecule has 0 atom stereocenters. The van der Waals surface area contributed by atoms with Gasteiger partial charge in [-0.1, -0.05) is 12.1 Å². The summed E-state index contributed by atoms with van der Waals surface area (Å²) in [5.74, 6) is -1.60. The fourth-order valence-electron chi connectivity index (χ4n) is 2.33. The normalized spacial score (nSPS) is 10.3. The summed E-state index contributed by atoms with van der Waals surface area (Å²) >= 11 is 1.67. The first kappa shape index (κ1) is 18.7. The fraction of sp³-hybridized carbons (Fsp3) is 0.278. The van der Waals surface area contributed by atoms with Gasteiger partial charge < -0.3 is 15.3 Å². The Labute approximate surface area is 150 Å².